The molecule has 0 bridgehead atoms. The Morgan fingerprint density at radius 1 is 1.50 bits per heavy atom. The van der Waals surface area contributed by atoms with Crippen LogP contribution in [0.3, 0.4) is 0 Å². The maximum atomic E-state index is 10.5. The number of nitrogens with zero attached hydrogens (tertiary/aromatic N) is 4. The van der Waals surface area contributed by atoms with Crippen molar-refractivity contribution in [2.24, 2.45) is 0 Å². The third-order valence-electron chi connectivity index (χ3n) is 2.12. The summed E-state index contributed by atoms with van der Waals surface area (Å²) < 4.78 is 6.84. The van der Waals surface area contributed by atoms with Gasteiger partial charge in [0.05, 0.1) is 6.07 Å². The van der Waals surface area contributed by atoms with Gasteiger partial charge in [0.2, 0.25) is 0 Å². The molecule has 0 aromatic carbocycles. The highest BCUT2D eigenvalue weighted by atomic mass is 16.6. The molecule has 2 rings (SSSR count). The summed E-state index contributed by atoms with van der Waals surface area (Å²) in [7, 11) is 0. The molecular weight excluding hydrogens is 212 g/mol. The van der Waals surface area contributed by atoms with Crippen molar-refractivity contribution in [1.82, 2.24) is 14.8 Å². The molecule has 0 saturated heterocycles. The summed E-state index contributed by atoms with van der Waals surface area (Å²) in [5.41, 5.74) is 0. The second-order valence-corrected chi connectivity index (χ2v) is 3.55. The second kappa shape index (κ2) is 3.76. The minimum Gasteiger partial charge on any atom is -0.397 e. The van der Waals surface area contributed by atoms with Crippen LogP contribution < -0.4 is 0 Å². The lowest BCUT2D eigenvalue weighted by molar-refractivity contribution is -0.401. The first kappa shape index (κ1) is 10.3. The lowest BCUT2D eigenvalue weighted by Gasteiger charge is -2.07. The molecule has 2 aromatic heterocycles. The molecule has 2 heterocycles. The molecule has 0 aliphatic rings. The standard InChI is InChI=1S/C9H10N4O3/c1-6(2)12-5-10-11-9(12)7-3-4-8(16-7)13(14)15/h3-6H,1-2H3. The average molecular weight is 222 g/mol. The zero-order valence-corrected chi connectivity index (χ0v) is 8.82. The molecule has 0 spiro atoms. The van der Waals surface area contributed by atoms with Gasteiger partial charge in [-0.05, 0) is 19.9 Å². The van der Waals surface area contributed by atoms with E-state index in [4.69, 9.17) is 4.42 Å². The first-order valence-electron chi connectivity index (χ1n) is 4.73. The Kier molecular flexibility index (Phi) is 2.43. The lowest BCUT2D eigenvalue weighted by Crippen LogP contribution is -2.01. The van der Waals surface area contributed by atoms with Crippen molar-refractivity contribution in [3.63, 3.8) is 0 Å². The third kappa shape index (κ3) is 1.67. The summed E-state index contributed by atoms with van der Waals surface area (Å²) in [5.74, 6) is 0.536. The molecule has 16 heavy (non-hydrogen) atoms. The Balaban J connectivity index is 2.42. The van der Waals surface area contributed by atoms with Crippen molar-refractivity contribution >= 4 is 5.88 Å². The fraction of sp³-hybridized carbons (Fsp3) is 0.333. The first-order valence-corrected chi connectivity index (χ1v) is 4.73. The van der Waals surface area contributed by atoms with Gasteiger partial charge in [0.25, 0.3) is 0 Å². The van der Waals surface area contributed by atoms with Crippen LogP contribution in [0, 0.1) is 10.1 Å². The van der Waals surface area contributed by atoms with Crippen LogP contribution >= 0.6 is 0 Å². The zero-order valence-electron chi connectivity index (χ0n) is 8.82. The Labute approximate surface area is 90.9 Å². The maximum Gasteiger partial charge on any atom is 0.433 e. The van der Waals surface area contributed by atoms with Gasteiger partial charge >= 0.3 is 5.88 Å². The Morgan fingerprint density at radius 2 is 2.25 bits per heavy atom. The van der Waals surface area contributed by atoms with Crippen molar-refractivity contribution in [3.05, 3.63) is 28.6 Å². The monoisotopic (exact) mass is 222 g/mol. The van der Waals surface area contributed by atoms with Gasteiger partial charge in [-0.1, -0.05) is 0 Å². The van der Waals surface area contributed by atoms with E-state index in [1.54, 1.807) is 10.9 Å². The van der Waals surface area contributed by atoms with E-state index in [-0.39, 0.29) is 11.9 Å². The Bertz CT molecular complexity index is 514. The minimum atomic E-state index is -0.584. The summed E-state index contributed by atoms with van der Waals surface area (Å²) >= 11 is 0. The molecule has 0 atom stereocenters. The molecule has 0 aliphatic carbocycles. The molecule has 7 heteroatoms. The average Bonchev–Trinajstić information content (AvgIpc) is 2.86. The summed E-state index contributed by atoms with van der Waals surface area (Å²) in [6.07, 6.45) is 1.56. The fourth-order valence-corrected chi connectivity index (χ4v) is 1.34. The second-order valence-electron chi connectivity index (χ2n) is 3.55. The predicted molar refractivity (Wildman–Crippen MR) is 54.8 cm³/mol. The number of furan rings is 1. The van der Waals surface area contributed by atoms with Gasteiger partial charge in [-0.3, -0.25) is 10.1 Å². The van der Waals surface area contributed by atoms with Crippen molar-refractivity contribution < 1.29 is 9.34 Å². The molecule has 0 amide bonds. The van der Waals surface area contributed by atoms with Crippen LogP contribution in [0.1, 0.15) is 19.9 Å². The Hall–Kier alpha value is -2.18. The molecule has 0 fully saturated rings. The molecule has 7 nitrogen and oxygen atoms in total. The van der Waals surface area contributed by atoms with Crippen LogP contribution in [0.15, 0.2) is 22.9 Å². The number of aromatic nitrogens is 3. The summed E-state index contributed by atoms with van der Waals surface area (Å²) in [4.78, 5) is 9.89. The molecule has 0 N–H and O–H groups in total. The molecule has 0 saturated carbocycles. The normalized spacial score (nSPS) is 10.9. The van der Waals surface area contributed by atoms with Crippen molar-refractivity contribution in [2.45, 2.75) is 19.9 Å². The number of nitro groups is 1. The molecular formula is C9H10N4O3. The summed E-state index contributed by atoms with van der Waals surface area (Å²) in [5, 5.41) is 18.1. The maximum absolute atomic E-state index is 10.5. The van der Waals surface area contributed by atoms with Crippen LogP contribution in [-0.4, -0.2) is 19.7 Å². The van der Waals surface area contributed by atoms with E-state index in [2.05, 4.69) is 10.2 Å². The van der Waals surface area contributed by atoms with E-state index in [0.29, 0.717) is 11.6 Å². The zero-order chi connectivity index (χ0) is 11.7. The lowest BCUT2D eigenvalue weighted by atomic mass is 10.3. The van der Waals surface area contributed by atoms with Gasteiger partial charge < -0.3 is 8.98 Å². The van der Waals surface area contributed by atoms with Gasteiger partial charge in [-0.15, -0.1) is 10.2 Å². The molecule has 0 radical (unpaired) electrons. The van der Waals surface area contributed by atoms with E-state index >= 15 is 0 Å². The number of rotatable bonds is 3. The number of hydrogen-bond donors (Lipinski definition) is 0. The smallest absolute Gasteiger partial charge is 0.397 e. The van der Waals surface area contributed by atoms with Crippen molar-refractivity contribution in [2.75, 3.05) is 0 Å². The van der Waals surface area contributed by atoms with E-state index in [9.17, 15) is 10.1 Å². The summed E-state index contributed by atoms with van der Waals surface area (Å²) in [6.45, 7) is 3.93. The van der Waals surface area contributed by atoms with Crippen LogP contribution in [0.2, 0.25) is 0 Å². The Morgan fingerprint density at radius 3 is 2.81 bits per heavy atom. The van der Waals surface area contributed by atoms with Crippen LogP contribution in [-0.2, 0) is 0 Å². The van der Waals surface area contributed by atoms with Crippen molar-refractivity contribution in [1.29, 1.82) is 0 Å². The topological polar surface area (TPSA) is 87.0 Å². The van der Waals surface area contributed by atoms with E-state index in [1.807, 2.05) is 13.8 Å². The highest BCUT2D eigenvalue weighted by Crippen LogP contribution is 2.25. The van der Waals surface area contributed by atoms with Crippen molar-refractivity contribution in [3.8, 4) is 11.6 Å². The van der Waals surface area contributed by atoms with Gasteiger partial charge in [0, 0.05) is 6.04 Å². The van der Waals surface area contributed by atoms with E-state index in [1.165, 1.54) is 12.1 Å². The van der Waals surface area contributed by atoms with Crippen LogP contribution in [0.25, 0.3) is 11.6 Å². The largest absolute Gasteiger partial charge is 0.433 e. The fourth-order valence-electron chi connectivity index (χ4n) is 1.34. The SMILES string of the molecule is CC(C)n1cnnc1-c1ccc([N+](=O)[O-])o1. The minimum absolute atomic E-state index is 0.161. The predicted octanol–water partition coefficient (Wildman–Crippen LogP) is 2.03. The van der Waals surface area contributed by atoms with E-state index in [0.717, 1.165) is 0 Å². The molecule has 84 valence electrons. The first-order chi connectivity index (χ1) is 7.59. The summed E-state index contributed by atoms with van der Waals surface area (Å²) in [6, 6.07) is 2.98. The third-order valence-corrected chi connectivity index (χ3v) is 2.12. The van der Waals surface area contributed by atoms with E-state index < -0.39 is 4.92 Å². The van der Waals surface area contributed by atoms with Gasteiger partial charge in [-0.25, -0.2) is 0 Å². The molecule has 0 unspecified atom stereocenters. The molecule has 0 aliphatic heterocycles. The van der Waals surface area contributed by atoms with Crippen LogP contribution in [0.4, 0.5) is 5.88 Å². The number of hydrogen-bond acceptors (Lipinski definition) is 5. The quantitative estimate of drug-likeness (QED) is 0.585. The molecule has 2 aromatic rings. The van der Waals surface area contributed by atoms with Crippen LogP contribution in [0.5, 0.6) is 0 Å². The highest BCUT2D eigenvalue weighted by Gasteiger charge is 2.17. The highest BCUT2D eigenvalue weighted by molar-refractivity contribution is 5.49. The van der Waals surface area contributed by atoms with Gasteiger partial charge in [0.1, 0.15) is 11.3 Å². The van der Waals surface area contributed by atoms with Gasteiger partial charge in [-0.2, -0.15) is 0 Å². The van der Waals surface area contributed by atoms with Gasteiger partial charge in [0.15, 0.2) is 11.6 Å².